The predicted octanol–water partition coefficient (Wildman–Crippen LogP) is 3.15. The van der Waals surface area contributed by atoms with Gasteiger partial charge in [0.1, 0.15) is 0 Å². The normalized spacial score (nSPS) is 15.9. The van der Waals surface area contributed by atoms with Gasteiger partial charge in [-0.1, -0.05) is 17.7 Å². The number of hydrogen-bond donors (Lipinski definition) is 1. The summed E-state index contributed by atoms with van der Waals surface area (Å²) >= 11 is 5.89. The molecule has 1 aromatic carbocycles. The Morgan fingerprint density at radius 2 is 2.21 bits per heavy atom. The summed E-state index contributed by atoms with van der Waals surface area (Å²) in [6, 6.07) is 6.09. The monoisotopic (exact) mass is 209 g/mol. The molecule has 0 atom stereocenters. The van der Waals surface area contributed by atoms with Gasteiger partial charge < -0.3 is 5.32 Å². The Morgan fingerprint density at radius 3 is 2.86 bits per heavy atom. The van der Waals surface area contributed by atoms with E-state index in [-0.39, 0.29) is 0 Å². The van der Waals surface area contributed by atoms with Gasteiger partial charge >= 0.3 is 0 Å². The topological polar surface area (TPSA) is 12.0 Å². The molecule has 2 rings (SSSR count). The van der Waals surface area contributed by atoms with Crippen molar-refractivity contribution < 1.29 is 0 Å². The molecule has 1 aliphatic carbocycles. The summed E-state index contributed by atoms with van der Waals surface area (Å²) in [4.78, 5) is 0. The molecule has 0 heterocycles. The molecule has 0 aliphatic heterocycles. The van der Waals surface area contributed by atoms with Crippen LogP contribution in [0.25, 0.3) is 0 Å². The molecule has 1 aliphatic rings. The SMILES string of the molecule is Cc1cc(Cl)ccc1CNCC1CC1. The zero-order valence-electron chi connectivity index (χ0n) is 8.52. The molecule has 2 heteroatoms. The average Bonchev–Trinajstić information content (AvgIpc) is 2.92. The molecule has 0 radical (unpaired) electrons. The summed E-state index contributed by atoms with van der Waals surface area (Å²) in [6.45, 7) is 4.25. The molecule has 0 spiro atoms. The molecule has 0 bridgehead atoms. The van der Waals surface area contributed by atoms with Gasteiger partial charge in [0.15, 0.2) is 0 Å². The smallest absolute Gasteiger partial charge is 0.0408 e. The van der Waals surface area contributed by atoms with Crippen molar-refractivity contribution in [2.24, 2.45) is 5.92 Å². The lowest BCUT2D eigenvalue weighted by molar-refractivity contribution is 0.637. The van der Waals surface area contributed by atoms with E-state index in [9.17, 15) is 0 Å². The van der Waals surface area contributed by atoms with E-state index in [1.807, 2.05) is 12.1 Å². The van der Waals surface area contributed by atoms with E-state index in [1.54, 1.807) is 0 Å². The summed E-state index contributed by atoms with van der Waals surface area (Å²) in [5.74, 6) is 0.947. The molecule has 1 nitrogen and oxygen atoms in total. The quantitative estimate of drug-likeness (QED) is 0.804. The molecule has 1 saturated carbocycles. The van der Waals surface area contributed by atoms with Crippen LogP contribution in [0.4, 0.5) is 0 Å². The van der Waals surface area contributed by atoms with Gasteiger partial charge in [-0.2, -0.15) is 0 Å². The first-order valence-electron chi connectivity index (χ1n) is 5.21. The molecule has 0 unspecified atom stereocenters. The van der Waals surface area contributed by atoms with E-state index in [1.165, 1.54) is 30.5 Å². The van der Waals surface area contributed by atoms with Crippen LogP contribution < -0.4 is 5.32 Å². The Hall–Kier alpha value is -0.530. The molecular weight excluding hydrogens is 194 g/mol. The van der Waals surface area contributed by atoms with Crippen LogP contribution in [-0.2, 0) is 6.54 Å². The van der Waals surface area contributed by atoms with Gasteiger partial charge in [-0.25, -0.2) is 0 Å². The van der Waals surface area contributed by atoms with Crippen LogP contribution in [0.3, 0.4) is 0 Å². The van der Waals surface area contributed by atoms with Crippen molar-refractivity contribution in [1.82, 2.24) is 5.32 Å². The highest BCUT2D eigenvalue weighted by Gasteiger charge is 2.20. The Morgan fingerprint density at radius 1 is 1.43 bits per heavy atom. The Kier molecular flexibility index (Phi) is 3.09. The van der Waals surface area contributed by atoms with E-state index in [0.717, 1.165) is 17.5 Å². The number of hydrogen-bond acceptors (Lipinski definition) is 1. The van der Waals surface area contributed by atoms with Gasteiger partial charge in [-0.3, -0.25) is 0 Å². The number of nitrogens with one attached hydrogen (secondary N) is 1. The molecule has 0 amide bonds. The van der Waals surface area contributed by atoms with Crippen LogP contribution in [0, 0.1) is 12.8 Å². The van der Waals surface area contributed by atoms with Crippen molar-refractivity contribution in [3.63, 3.8) is 0 Å². The second-order valence-electron chi connectivity index (χ2n) is 4.15. The molecule has 76 valence electrons. The second-order valence-corrected chi connectivity index (χ2v) is 4.58. The molecular formula is C12H16ClN. The number of rotatable bonds is 4. The first-order chi connectivity index (χ1) is 6.75. The minimum absolute atomic E-state index is 0.827. The number of aryl methyl sites for hydroxylation is 1. The maximum absolute atomic E-state index is 5.89. The summed E-state index contributed by atoms with van der Waals surface area (Å²) in [5, 5.41) is 4.31. The fourth-order valence-electron chi connectivity index (χ4n) is 1.59. The highest BCUT2D eigenvalue weighted by atomic mass is 35.5. The molecule has 0 saturated heterocycles. The lowest BCUT2D eigenvalue weighted by Gasteiger charge is -2.07. The van der Waals surface area contributed by atoms with Crippen molar-refractivity contribution >= 4 is 11.6 Å². The van der Waals surface area contributed by atoms with Crippen molar-refractivity contribution in [2.45, 2.75) is 26.3 Å². The van der Waals surface area contributed by atoms with Crippen molar-refractivity contribution in [3.05, 3.63) is 34.3 Å². The summed E-state index contributed by atoms with van der Waals surface area (Å²) in [5.41, 5.74) is 2.64. The Labute approximate surface area is 90.5 Å². The second kappa shape index (κ2) is 4.33. The fraction of sp³-hybridized carbons (Fsp3) is 0.500. The first kappa shape index (κ1) is 10.0. The summed E-state index contributed by atoms with van der Waals surface area (Å²) < 4.78 is 0. The zero-order valence-corrected chi connectivity index (χ0v) is 9.27. The molecule has 1 fully saturated rings. The van der Waals surface area contributed by atoms with Crippen LogP contribution in [-0.4, -0.2) is 6.54 Å². The number of benzene rings is 1. The van der Waals surface area contributed by atoms with E-state index in [0.29, 0.717) is 0 Å². The van der Waals surface area contributed by atoms with Crippen LogP contribution in [0.5, 0.6) is 0 Å². The highest BCUT2D eigenvalue weighted by molar-refractivity contribution is 6.30. The Bertz CT molecular complexity index is 318. The lowest BCUT2D eigenvalue weighted by Crippen LogP contribution is -2.16. The molecule has 1 aromatic rings. The maximum atomic E-state index is 5.89. The minimum Gasteiger partial charge on any atom is -0.312 e. The van der Waals surface area contributed by atoms with E-state index in [2.05, 4.69) is 18.3 Å². The number of halogens is 1. The van der Waals surface area contributed by atoms with Crippen LogP contribution in [0.15, 0.2) is 18.2 Å². The standard InChI is InChI=1S/C12H16ClN/c1-9-6-12(13)5-4-11(9)8-14-7-10-2-3-10/h4-6,10,14H,2-3,7-8H2,1H3. The Balaban J connectivity index is 1.87. The van der Waals surface area contributed by atoms with Gasteiger partial charge in [-0.15, -0.1) is 0 Å². The lowest BCUT2D eigenvalue weighted by atomic mass is 10.1. The van der Waals surface area contributed by atoms with Crippen LogP contribution in [0.1, 0.15) is 24.0 Å². The van der Waals surface area contributed by atoms with Crippen LogP contribution >= 0.6 is 11.6 Å². The third kappa shape index (κ3) is 2.73. The van der Waals surface area contributed by atoms with Crippen molar-refractivity contribution in [3.8, 4) is 0 Å². The van der Waals surface area contributed by atoms with Gasteiger partial charge in [0.05, 0.1) is 0 Å². The minimum atomic E-state index is 0.827. The van der Waals surface area contributed by atoms with Gasteiger partial charge in [0, 0.05) is 11.6 Å². The largest absolute Gasteiger partial charge is 0.312 e. The van der Waals surface area contributed by atoms with E-state index >= 15 is 0 Å². The van der Waals surface area contributed by atoms with Crippen molar-refractivity contribution in [1.29, 1.82) is 0 Å². The summed E-state index contributed by atoms with van der Waals surface area (Å²) in [6.07, 6.45) is 2.82. The third-order valence-corrected chi connectivity index (χ3v) is 2.99. The van der Waals surface area contributed by atoms with Crippen molar-refractivity contribution in [2.75, 3.05) is 6.54 Å². The van der Waals surface area contributed by atoms with Gasteiger partial charge in [0.2, 0.25) is 0 Å². The average molecular weight is 210 g/mol. The fourth-order valence-corrected chi connectivity index (χ4v) is 1.82. The van der Waals surface area contributed by atoms with Crippen LogP contribution in [0.2, 0.25) is 5.02 Å². The molecule has 0 aromatic heterocycles. The predicted molar refractivity (Wildman–Crippen MR) is 60.6 cm³/mol. The van der Waals surface area contributed by atoms with E-state index < -0.39 is 0 Å². The maximum Gasteiger partial charge on any atom is 0.0408 e. The molecule has 14 heavy (non-hydrogen) atoms. The molecule has 1 N–H and O–H groups in total. The van der Waals surface area contributed by atoms with E-state index in [4.69, 9.17) is 11.6 Å². The van der Waals surface area contributed by atoms with Gasteiger partial charge in [-0.05, 0) is 55.5 Å². The first-order valence-corrected chi connectivity index (χ1v) is 5.59. The summed E-state index contributed by atoms with van der Waals surface area (Å²) in [7, 11) is 0. The van der Waals surface area contributed by atoms with Gasteiger partial charge in [0.25, 0.3) is 0 Å². The highest BCUT2D eigenvalue weighted by Crippen LogP contribution is 2.27. The third-order valence-electron chi connectivity index (χ3n) is 2.75. The zero-order chi connectivity index (χ0) is 9.97.